The van der Waals surface area contributed by atoms with Crippen molar-refractivity contribution in [1.82, 2.24) is 4.90 Å². The van der Waals surface area contributed by atoms with Crippen molar-refractivity contribution in [2.24, 2.45) is 5.92 Å². The SMILES string of the molecule is CCCN1CCC[C@@H]2Cc3c(ccc(O)c3O[C@@H]3O[C@H](C(=O)OCC)[C@@H](O)[C@H](O)[C@H]3O)C[C@H]21. The lowest BCUT2D eigenvalue weighted by Crippen LogP contribution is -2.61. The first-order chi connectivity index (χ1) is 15.8. The van der Waals surface area contributed by atoms with Crippen LogP contribution in [0.4, 0.5) is 0 Å². The van der Waals surface area contributed by atoms with Crippen LogP contribution in [0.15, 0.2) is 12.1 Å². The fourth-order valence-electron chi connectivity index (χ4n) is 5.48. The van der Waals surface area contributed by atoms with Gasteiger partial charge >= 0.3 is 5.97 Å². The van der Waals surface area contributed by atoms with Gasteiger partial charge in [0.2, 0.25) is 6.29 Å². The fraction of sp³-hybridized carbons (Fsp3) is 0.708. The molecule has 4 N–H and O–H groups in total. The topological polar surface area (TPSA) is 129 Å². The van der Waals surface area contributed by atoms with Crippen molar-refractivity contribution in [1.29, 1.82) is 0 Å². The molecule has 7 atom stereocenters. The van der Waals surface area contributed by atoms with E-state index in [9.17, 15) is 25.2 Å². The van der Waals surface area contributed by atoms with Crippen LogP contribution >= 0.6 is 0 Å². The van der Waals surface area contributed by atoms with Crippen molar-refractivity contribution >= 4 is 5.97 Å². The van der Waals surface area contributed by atoms with Crippen LogP contribution in [-0.4, -0.2) is 87.7 Å². The summed E-state index contributed by atoms with van der Waals surface area (Å²) in [6.07, 6.45) is -3.04. The van der Waals surface area contributed by atoms with Gasteiger partial charge in [0.1, 0.15) is 18.3 Å². The smallest absolute Gasteiger partial charge is 0.338 e. The predicted octanol–water partition coefficient (Wildman–Crippen LogP) is 0.731. The number of ether oxygens (including phenoxy) is 3. The monoisotopic (exact) mass is 465 g/mol. The molecule has 33 heavy (non-hydrogen) atoms. The number of hydrogen-bond acceptors (Lipinski definition) is 9. The molecule has 2 aliphatic heterocycles. The van der Waals surface area contributed by atoms with Crippen molar-refractivity contribution in [2.45, 2.75) is 82.7 Å². The minimum Gasteiger partial charge on any atom is -0.504 e. The number of phenols is 1. The first-order valence-corrected chi connectivity index (χ1v) is 12.0. The molecule has 0 aromatic heterocycles. The number of hydrogen-bond donors (Lipinski definition) is 4. The number of piperidine rings is 1. The van der Waals surface area contributed by atoms with Gasteiger partial charge in [0.05, 0.1) is 6.61 Å². The second kappa shape index (κ2) is 10.1. The molecular formula is C24H35NO8. The maximum atomic E-state index is 12.2. The fourth-order valence-corrected chi connectivity index (χ4v) is 5.48. The minimum atomic E-state index is -1.68. The number of rotatable bonds is 6. The number of carbonyl (C=O) groups excluding carboxylic acids is 1. The summed E-state index contributed by atoms with van der Waals surface area (Å²) in [6.45, 7) is 6.04. The molecule has 2 saturated heterocycles. The van der Waals surface area contributed by atoms with Crippen LogP contribution in [0.2, 0.25) is 0 Å². The molecule has 0 unspecified atom stereocenters. The Morgan fingerprint density at radius 2 is 1.94 bits per heavy atom. The molecule has 0 saturated carbocycles. The van der Waals surface area contributed by atoms with Crippen molar-refractivity contribution in [2.75, 3.05) is 19.7 Å². The second-order valence-electron chi connectivity index (χ2n) is 9.23. The highest BCUT2D eigenvalue weighted by Crippen LogP contribution is 2.43. The zero-order valence-corrected chi connectivity index (χ0v) is 19.2. The van der Waals surface area contributed by atoms with Crippen molar-refractivity contribution < 1.29 is 39.4 Å². The van der Waals surface area contributed by atoms with Gasteiger partial charge in [-0.2, -0.15) is 0 Å². The number of phenolic OH excluding ortho intramolecular Hbond substituents is 1. The summed E-state index contributed by atoms with van der Waals surface area (Å²) in [6, 6.07) is 3.92. The molecule has 0 spiro atoms. The second-order valence-corrected chi connectivity index (χ2v) is 9.23. The lowest BCUT2D eigenvalue weighted by Gasteiger charge is -2.45. The number of benzene rings is 1. The molecule has 184 valence electrons. The summed E-state index contributed by atoms with van der Waals surface area (Å²) in [5.74, 6) is -0.338. The third-order valence-electron chi connectivity index (χ3n) is 7.10. The average Bonchev–Trinajstić information content (AvgIpc) is 2.80. The number of aromatic hydroxyl groups is 1. The molecule has 0 amide bonds. The van der Waals surface area contributed by atoms with Gasteiger partial charge in [0.25, 0.3) is 0 Å². The van der Waals surface area contributed by atoms with E-state index < -0.39 is 36.7 Å². The van der Waals surface area contributed by atoms with E-state index in [0.29, 0.717) is 12.0 Å². The Hall–Kier alpha value is -1.91. The van der Waals surface area contributed by atoms with Gasteiger partial charge in [0, 0.05) is 11.6 Å². The summed E-state index contributed by atoms with van der Waals surface area (Å²) in [7, 11) is 0. The van der Waals surface area contributed by atoms with E-state index in [0.717, 1.165) is 56.3 Å². The Morgan fingerprint density at radius 1 is 1.15 bits per heavy atom. The first kappa shape index (κ1) is 24.2. The van der Waals surface area contributed by atoms with Crippen LogP contribution in [0, 0.1) is 5.92 Å². The van der Waals surface area contributed by atoms with Crippen LogP contribution in [0.3, 0.4) is 0 Å². The van der Waals surface area contributed by atoms with Crippen molar-refractivity contribution in [3.8, 4) is 11.5 Å². The third kappa shape index (κ3) is 4.70. The lowest BCUT2D eigenvalue weighted by atomic mass is 9.75. The zero-order valence-electron chi connectivity index (χ0n) is 19.2. The van der Waals surface area contributed by atoms with Gasteiger partial charge in [-0.3, -0.25) is 4.90 Å². The van der Waals surface area contributed by atoms with E-state index in [1.165, 1.54) is 0 Å². The highest BCUT2D eigenvalue weighted by molar-refractivity contribution is 5.75. The third-order valence-corrected chi connectivity index (χ3v) is 7.10. The van der Waals surface area contributed by atoms with Crippen LogP contribution in [-0.2, 0) is 27.1 Å². The van der Waals surface area contributed by atoms with Gasteiger partial charge in [-0.15, -0.1) is 0 Å². The molecule has 0 radical (unpaired) electrons. The van der Waals surface area contributed by atoms with E-state index in [1.807, 2.05) is 6.07 Å². The Labute approximate surface area is 193 Å². The molecule has 3 aliphatic rings. The van der Waals surface area contributed by atoms with Gasteiger partial charge in [-0.05, 0) is 69.7 Å². The van der Waals surface area contributed by atoms with Crippen LogP contribution in [0.25, 0.3) is 0 Å². The standard InChI is InChI=1S/C24H35NO8/c1-3-9-25-10-5-6-14-11-15-13(12-16(14)25)7-8-17(26)21(15)32-24-20(29)18(27)19(28)22(33-24)23(30)31-4-2/h7-8,14,16,18-20,22,24,26-29H,3-6,9-12H2,1-2H3/t14-,16-,18+,19+,20-,22+,24-/m1/s1. The highest BCUT2D eigenvalue weighted by Gasteiger charge is 2.49. The number of likely N-dealkylation sites (tertiary alicyclic amines) is 1. The molecule has 2 heterocycles. The number of esters is 1. The first-order valence-electron chi connectivity index (χ1n) is 12.0. The van der Waals surface area contributed by atoms with Gasteiger partial charge in [-0.1, -0.05) is 13.0 Å². The molecule has 1 aliphatic carbocycles. The number of fused-ring (bicyclic) bond motifs is 2. The molecular weight excluding hydrogens is 430 g/mol. The number of carbonyl (C=O) groups is 1. The van der Waals surface area contributed by atoms with E-state index >= 15 is 0 Å². The maximum Gasteiger partial charge on any atom is 0.338 e. The Balaban J connectivity index is 1.59. The van der Waals surface area contributed by atoms with Gasteiger partial charge in [-0.25, -0.2) is 4.79 Å². The van der Waals surface area contributed by atoms with E-state index in [2.05, 4.69) is 11.8 Å². The highest BCUT2D eigenvalue weighted by atomic mass is 16.7. The molecule has 2 fully saturated rings. The summed E-state index contributed by atoms with van der Waals surface area (Å²) in [4.78, 5) is 14.7. The Kier molecular flexibility index (Phi) is 7.45. The van der Waals surface area contributed by atoms with Crippen LogP contribution < -0.4 is 4.74 Å². The van der Waals surface area contributed by atoms with E-state index in [1.54, 1.807) is 13.0 Å². The molecule has 1 aromatic carbocycles. The van der Waals surface area contributed by atoms with E-state index in [-0.39, 0.29) is 18.1 Å². The lowest BCUT2D eigenvalue weighted by molar-refractivity contribution is -0.272. The quantitative estimate of drug-likeness (QED) is 0.449. The zero-order chi connectivity index (χ0) is 23.7. The summed E-state index contributed by atoms with van der Waals surface area (Å²) in [5.41, 5.74) is 1.93. The number of aliphatic hydroxyl groups excluding tert-OH is 3. The van der Waals surface area contributed by atoms with Crippen molar-refractivity contribution in [3.05, 3.63) is 23.3 Å². The maximum absolute atomic E-state index is 12.2. The molecule has 0 bridgehead atoms. The number of nitrogens with zero attached hydrogens (tertiary/aromatic N) is 1. The van der Waals surface area contributed by atoms with Gasteiger partial charge < -0.3 is 34.6 Å². The molecule has 9 nitrogen and oxygen atoms in total. The average molecular weight is 466 g/mol. The summed E-state index contributed by atoms with van der Waals surface area (Å²) in [5, 5.41) is 41.6. The molecule has 4 rings (SSSR count). The van der Waals surface area contributed by atoms with Gasteiger partial charge in [0.15, 0.2) is 17.6 Å². The normalized spacial score (nSPS) is 34.3. The van der Waals surface area contributed by atoms with Crippen molar-refractivity contribution in [3.63, 3.8) is 0 Å². The summed E-state index contributed by atoms with van der Waals surface area (Å²) < 4.78 is 16.3. The van der Waals surface area contributed by atoms with E-state index in [4.69, 9.17) is 14.2 Å². The largest absolute Gasteiger partial charge is 0.504 e. The van der Waals surface area contributed by atoms with Crippen LogP contribution in [0.5, 0.6) is 11.5 Å². The Bertz CT molecular complexity index is 846. The predicted molar refractivity (Wildman–Crippen MR) is 118 cm³/mol. The number of aliphatic hydroxyl groups is 3. The Morgan fingerprint density at radius 3 is 2.67 bits per heavy atom. The van der Waals surface area contributed by atoms with Crippen LogP contribution in [0.1, 0.15) is 44.2 Å². The minimum absolute atomic E-state index is 0.0696. The summed E-state index contributed by atoms with van der Waals surface area (Å²) >= 11 is 0. The molecule has 9 heteroatoms. The molecule has 1 aromatic rings.